The van der Waals surface area contributed by atoms with E-state index in [1.807, 2.05) is 27.7 Å². The number of piperazine rings is 1. The summed E-state index contributed by atoms with van der Waals surface area (Å²) < 4.78 is 34.7. The fourth-order valence-electron chi connectivity index (χ4n) is 7.01. The summed E-state index contributed by atoms with van der Waals surface area (Å²) >= 11 is 19.3. The van der Waals surface area contributed by atoms with Gasteiger partial charge in [0.15, 0.2) is 11.6 Å². The molecule has 0 spiro atoms. The smallest absolute Gasteiger partial charge is 0.281 e. The van der Waals surface area contributed by atoms with E-state index in [0.29, 0.717) is 11.4 Å². The second kappa shape index (κ2) is 12.8. The number of anilines is 3. The highest BCUT2D eigenvalue weighted by Crippen LogP contribution is 2.49. The number of likely N-dealkylation sites (N-methyl/N-ethyl adjacent to an activating group) is 1. The van der Waals surface area contributed by atoms with Gasteiger partial charge in [0.2, 0.25) is 5.91 Å². The molecule has 15 heteroatoms. The Morgan fingerprint density at radius 3 is 2.14 bits per heavy atom. The molecule has 2 aromatic carbocycles. The number of rotatable bonds is 5. The molecule has 2 N–H and O–H groups in total. The minimum absolute atomic E-state index is 0.0161. The van der Waals surface area contributed by atoms with E-state index in [1.165, 1.54) is 35.3 Å². The van der Waals surface area contributed by atoms with Crippen molar-refractivity contribution in [2.75, 3.05) is 35.7 Å². The van der Waals surface area contributed by atoms with Crippen molar-refractivity contribution < 1.29 is 18.4 Å². The first-order valence-electron chi connectivity index (χ1n) is 15.9. The summed E-state index contributed by atoms with van der Waals surface area (Å²) in [6.45, 7) is 13.0. The van der Waals surface area contributed by atoms with Crippen LogP contribution in [0.15, 0.2) is 35.9 Å². The van der Waals surface area contributed by atoms with Gasteiger partial charge in [-0.3, -0.25) is 19.0 Å². The van der Waals surface area contributed by atoms with Crippen molar-refractivity contribution in [2.24, 2.45) is 0 Å². The van der Waals surface area contributed by atoms with E-state index in [0.717, 1.165) is 10.6 Å². The minimum atomic E-state index is -1.09. The van der Waals surface area contributed by atoms with Gasteiger partial charge in [0.25, 0.3) is 11.5 Å². The number of fused-ring (bicyclic) bond motifs is 5. The normalized spacial score (nSPS) is 17.5. The quantitative estimate of drug-likeness (QED) is 0.132. The zero-order valence-electron chi connectivity index (χ0n) is 28.1. The standard InChI is InChI=1S/C35H34Cl3F2N7O3/c1-8-22(48)45-12-21-34(49)44(7)33-31(46(21)11-16(45)6)17-9-18(36)23(24-25(39)19(37)10-20(38)27(24)41)26(40)30(17)47(35(33)50)32-28(14(2)3)42-13-43-29(32)15(4)5/h8-10,13-16,21H,1,11-12,41H2,2-7H3. The van der Waals surface area contributed by atoms with Crippen molar-refractivity contribution in [3.63, 3.8) is 0 Å². The van der Waals surface area contributed by atoms with Crippen LogP contribution in [0.3, 0.4) is 0 Å². The maximum Gasteiger partial charge on any atom is 0.281 e. The second-order valence-corrected chi connectivity index (χ2v) is 14.4. The predicted octanol–water partition coefficient (Wildman–Crippen LogP) is 7.08. The van der Waals surface area contributed by atoms with Gasteiger partial charge in [-0.05, 0) is 37.0 Å². The summed E-state index contributed by atoms with van der Waals surface area (Å²) in [6, 6.07) is 1.16. The number of carbonyl (C=O) groups excluding carboxylic acids is 2. The van der Waals surface area contributed by atoms with E-state index in [4.69, 9.17) is 40.5 Å². The first-order valence-corrected chi connectivity index (χ1v) is 17.0. The van der Waals surface area contributed by atoms with Crippen molar-refractivity contribution in [1.29, 1.82) is 0 Å². The zero-order chi connectivity index (χ0) is 36.7. The van der Waals surface area contributed by atoms with Crippen LogP contribution in [0.25, 0.3) is 27.7 Å². The maximum atomic E-state index is 17.7. The third-order valence-corrected chi connectivity index (χ3v) is 10.3. The molecule has 2 aliphatic heterocycles. The summed E-state index contributed by atoms with van der Waals surface area (Å²) in [4.78, 5) is 55.4. The van der Waals surface area contributed by atoms with Crippen LogP contribution in [0.1, 0.15) is 57.8 Å². The fourth-order valence-corrected chi connectivity index (χ4v) is 7.76. The van der Waals surface area contributed by atoms with Gasteiger partial charge in [-0.25, -0.2) is 18.7 Å². The van der Waals surface area contributed by atoms with Crippen LogP contribution in [0.5, 0.6) is 0 Å². The average molecular weight is 745 g/mol. The molecule has 0 saturated carbocycles. The van der Waals surface area contributed by atoms with Crippen LogP contribution in [-0.4, -0.2) is 63.5 Å². The molecule has 4 heterocycles. The number of aromatic nitrogens is 3. The number of hydrogen-bond acceptors (Lipinski definition) is 7. The molecule has 1 fully saturated rings. The van der Waals surface area contributed by atoms with E-state index in [-0.39, 0.29) is 74.5 Å². The number of pyridine rings is 1. The summed E-state index contributed by atoms with van der Waals surface area (Å²) in [5.74, 6) is -3.48. The summed E-state index contributed by atoms with van der Waals surface area (Å²) in [5.41, 5.74) is 5.24. The van der Waals surface area contributed by atoms with E-state index in [9.17, 15) is 9.59 Å². The van der Waals surface area contributed by atoms with E-state index in [1.54, 1.807) is 11.8 Å². The molecular weight excluding hydrogens is 711 g/mol. The van der Waals surface area contributed by atoms with Crippen molar-refractivity contribution in [3.05, 3.63) is 79.6 Å². The molecular formula is C35H34Cl3F2N7O3. The Morgan fingerprint density at radius 2 is 1.56 bits per heavy atom. The van der Waals surface area contributed by atoms with Gasteiger partial charge in [-0.15, -0.1) is 0 Å². The van der Waals surface area contributed by atoms with Gasteiger partial charge in [0.1, 0.15) is 18.1 Å². The lowest BCUT2D eigenvalue weighted by Gasteiger charge is -2.50. The van der Waals surface area contributed by atoms with Crippen LogP contribution >= 0.6 is 34.8 Å². The molecule has 0 bridgehead atoms. The monoisotopic (exact) mass is 743 g/mol. The zero-order valence-corrected chi connectivity index (χ0v) is 30.4. The molecule has 1 saturated heterocycles. The summed E-state index contributed by atoms with van der Waals surface area (Å²) in [5, 5.41) is -0.656. The number of carbonyl (C=O) groups is 2. The number of nitrogens with zero attached hydrogens (tertiary/aromatic N) is 6. The first kappa shape index (κ1) is 35.6. The van der Waals surface area contributed by atoms with Crippen molar-refractivity contribution >= 4 is 74.6 Å². The van der Waals surface area contributed by atoms with Gasteiger partial charge in [0.05, 0.1) is 55.6 Å². The van der Waals surface area contributed by atoms with Crippen LogP contribution in [0.4, 0.5) is 25.8 Å². The Labute approximate surface area is 302 Å². The lowest BCUT2D eigenvalue weighted by Crippen LogP contribution is -2.66. The van der Waals surface area contributed by atoms with E-state index in [2.05, 4.69) is 16.5 Å². The van der Waals surface area contributed by atoms with E-state index < -0.39 is 51.3 Å². The van der Waals surface area contributed by atoms with Gasteiger partial charge in [-0.2, -0.15) is 0 Å². The van der Waals surface area contributed by atoms with Gasteiger partial charge < -0.3 is 20.4 Å². The largest absolute Gasteiger partial charge is 0.397 e. The Morgan fingerprint density at radius 1 is 0.940 bits per heavy atom. The van der Waals surface area contributed by atoms with E-state index >= 15 is 13.6 Å². The highest BCUT2D eigenvalue weighted by atomic mass is 35.5. The number of halogens is 5. The number of hydrogen-bond donors (Lipinski definition) is 1. The Hall–Kier alpha value is -4.26. The Balaban J connectivity index is 1.84. The van der Waals surface area contributed by atoms with Crippen LogP contribution in [-0.2, 0) is 9.59 Å². The van der Waals surface area contributed by atoms with Gasteiger partial charge >= 0.3 is 0 Å². The summed E-state index contributed by atoms with van der Waals surface area (Å²) in [6.07, 6.45) is 2.56. The summed E-state index contributed by atoms with van der Waals surface area (Å²) in [7, 11) is 1.46. The van der Waals surface area contributed by atoms with Crippen LogP contribution in [0, 0.1) is 11.6 Å². The third kappa shape index (κ3) is 5.22. The topological polar surface area (TPSA) is 118 Å². The second-order valence-electron chi connectivity index (χ2n) is 13.1. The SMILES string of the molecule is C=CC(=O)N1CC2C(=O)N(C)c3c(c4cc(Cl)c(-c5c(N)c(Cl)cc(Cl)c5F)c(F)c4n(-c4c(C(C)C)ncnc4C(C)C)c3=O)N2CC1C. The molecule has 6 rings (SSSR count). The number of nitrogen functional groups attached to an aromatic ring is 1. The Kier molecular flexibility index (Phi) is 9.11. The lowest BCUT2D eigenvalue weighted by atomic mass is 9.94. The van der Waals surface area contributed by atoms with Crippen LogP contribution < -0.4 is 21.1 Å². The molecule has 0 radical (unpaired) electrons. The lowest BCUT2D eigenvalue weighted by molar-refractivity contribution is -0.130. The highest BCUT2D eigenvalue weighted by molar-refractivity contribution is 6.38. The van der Waals surface area contributed by atoms with Crippen molar-refractivity contribution in [1.82, 2.24) is 19.4 Å². The third-order valence-electron chi connectivity index (χ3n) is 9.39. The molecule has 2 atom stereocenters. The molecule has 262 valence electrons. The van der Waals surface area contributed by atoms with Crippen molar-refractivity contribution in [3.8, 4) is 16.8 Å². The average Bonchev–Trinajstić information content (AvgIpc) is 3.06. The number of amides is 2. The van der Waals surface area contributed by atoms with Crippen molar-refractivity contribution in [2.45, 2.75) is 58.5 Å². The highest BCUT2D eigenvalue weighted by Gasteiger charge is 2.46. The molecule has 2 aromatic heterocycles. The number of nitrogens with two attached hydrogens (primary N) is 1. The minimum Gasteiger partial charge on any atom is -0.397 e. The molecule has 2 unspecified atom stereocenters. The molecule has 50 heavy (non-hydrogen) atoms. The molecule has 2 amide bonds. The van der Waals surface area contributed by atoms with Gasteiger partial charge in [-0.1, -0.05) is 69.1 Å². The fraction of sp³-hybridized carbons (Fsp3) is 0.343. The maximum absolute atomic E-state index is 17.7. The predicted molar refractivity (Wildman–Crippen MR) is 194 cm³/mol. The molecule has 0 aliphatic carbocycles. The first-order chi connectivity index (χ1) is 23.5. The molecule has 10 nitrogen and oxygen atoms in total. The van der Waals surface area contributed by atoms with Crippen LogP contribution in [0.2, 0.25) is 15.1 Å². The molecule has 4 aromatic rings. The van der Waals surface area contributed by atoms with Gasteiger partial charge in [0, 0.05) is 36.1 Å². The Bertz CT molecular complexity index is 2160. The number of benzene rings is 2. The molecule has 2 aliphatic rings.